The fraction of sp³-hybridized carbons (Fsp3) is 0.0588. The summed E-state index contributed by atoms with van der Waals surface area (Å²) < 4.78 is 0. The van der Waals surface area contributed by atoms with Crippen molar-refractivity contribution in [3.63, 3.8) is 0 Å². The number of rotatable bonds is 3. The Balaban J connectivity index is 1.28. The summed E-state index contributed by atoms with van der Waals surface area (Å²) in [6.07, 6.45) is 0. The number of nitrogens with zero attached hydrogens (tertiary/aromatic N) is 1. The molecule has 2 aliphatic rings. The maximum absolute atomic E-state index is 10.7. The third-order valence-electron chi connectivity index (χ3n) is 11.8. The van der Waals surface area contributed by atoms with Gasteiger partial charge in [0.25, 0.3) is 0 Å². The molecule has 1 N–H and O–H groups in total. The number of phenols is 1. The number of aryl methyl sites for hydroxylation is 2. The van der Waals surface area contributed by atoms with Crippen molar-refractivity contribution in [1.29, 1.82) is 0 Å². The third kappa shape index (κ3) is 4.09. The zero-order valence-electron chi connectivity index (χ0n) is 29.6. The van der Waals surface area contributed by atoms with E-state index >= 15 is 0 Å². The summed E-state index contributed by atoms with van der Waals surface area (Å²) in [6.45, 7) is 4.33. The fourth-order valence-electron chi connectivity index (χ4n) is 9.68. The maximum Gasteiger partial charge on any atom is 0.116 e. The van der Waals surface area contributed by atoms with E-state index in [1.54, 1.807) is 0 Å². The van der Waals surface area contributed by atoms with Crippen LogP contribution in [0.15, 0.2) is 170 Å². The van der Waals surface area contributed by atoms with E-state index in [0.717, 1.165) is 33.2 Å². The topological polar surface area (TPSA) is 23.5 Å². The number of fused-ring (bicyclic) bond motifs is 16. The highest BCUT2D eigenvalue weighted by molar-refractivity contribution is 6.26. The molecule has 0 heterocycles. The van der Waals surface area contributed by atoms with E-state index in [2.05, 4.69) is 176 Å². The second-order valence-electron chi connectivity index (χ2n) is 14.8. The van der Waals surface area contributed by atoms with Crippen LogP contribution < -0.4 is 4.90 Å². The van der Waals surface area contributed by atoms with Gasteiger partial charge in [0, 0.05) is 17.1 Å². The predicted molar refractivity (Wildman–Crippen MR) is 221 cm³/mol. The Kier molecular flexibility index (Phi) is 6.19. The van der Waals surface area contributed by atoms with Crippen LogP contribution in [0, 0.1) is 13.8 Å². The Labute approximate surface area is 308 Å². The van der Waals surface area contributed by atoms with E-state index in [0.29, 0.717) is 0 Å². The molecule has 0 radical (unpaired) electrons. The summed E-state index contributed by atoms with van der Waals surface area (Å²) in [5.41, 5.74) is 15.7. The number of aromatic hydroxyl groups is 1. The van der Waals surface area contributed by atoms with E-state index in [-0.39, 0.29) is 5.75 Å². The largest absolute Gasteiger partial charge is 0.508 e. The van der Waals surface area contributed by atoms with Gasteiger partial charge in [0.05, 0.1) is 5.41 Å². The molecular formula is C51H35NO. The molecule has 0 unspecified atom stereocenters. The van der Waals surface area contributed by atoms with Crippen LogP contribution in [0.25, 0.3) is 54.6 Å². The molecule has 53 heavy (non-hydrogen) atoms. The van der Waals surface area contributed by atoms with Gasteiger partial charge in [-0.1, -0.05) is 109 Å². The van der Waals surface area contributed by atoms with Gasteiger partial charge in [-0.25, -0.2) is 0 Å². The number of anilines is 3. The number of hydrogen-bond donors (Lipinski definition) is 1. The van der Waals surface area contributed by atoms with Crippen LogP contribution in [0.3, 0.4) is 0 Å². The number of benzene rings is 9. The second kappa shape index (κ2) is 10.9. The van der Waals surface area contributed by atoms with Crippen molar-refractivity contribution in [3.05, 3.63) is 203 Å². The molecule has 2 aliphatic carbocycles. The zero-order chi connectivity index (χ0) is 35.4. The van der Waals surface area contributed by atoms with Gasteiger partial charge in [-0.3, -0.25) is 0 Å². The van der Waals surface area contributed by atoms with Crippen LogP contribution in [-0.4, -0.2) is 5.11 Å². The first-order valence-corrected chi connectivity index (χ1v) is 18.4. The summed E-state index contributed by atoms with van der Waals surface area (Å²) in [7, 11) is 0. The molecule has 0 aromatic heterocycles. The van der Waals surface area contributed by atoms with Gasteiger partial charge in [0.2, 0.25) is 0 Å². The van der Waals surface area contributed by atoms with Crippen LogP contribution in [-0.2, 0) is 5.41 Å². The molecule has 0 aliphatic heterocycles. The Morgan fingerprint density at radius 1 is 0.358 bits per heavy atom. The van der Waals surface area contributed by atoms with Crippen molar-refractivity contribution in [1.82, 2.24) is 0 Å². The maximum atomic E-state index is 10.7. The van der Waals surface area contributed by atoms with Crippen molar-refractivity contribution in [2.24, 2.45) is 0 Å². The first-order chi connectivity index (χ1) is 26.0. The van der Waals surface area contributed by atoms with E-state index in [4.69, 9.17) is 0 Å². The minimum absolute atomic E-state index is 0.282. The van der Waals surface area contributed by atoms with E-state index in [1.165, 1.54) is 71.8 Å². The van der Waals surface area contributed by atoms with E-state index in [9.17, 15) is 5.11 Å². The van der Waals surface area contributed by atoms with Crippen LogP contribution in [0.4, 0.5) is 17.1 Å². The summed E-state index contributed by atoms with van der Waals surface area (Å²) >= 11 is 0. The molecule has 0 saturated carbocycles. The highest BCUT2D eigenvalue weighted by Crippen LogP contribution is 2.64. The van der Waals surface area contributed by atoms with E-state index < -0.39 is 5.41 Å². The Bertz CT molecular complexity index is 2920. The Morgan fingerprint density at radius 3 is 1.51 bits per heavy atom. The van der Waals surface area contributed by atoms with E-state index in [1.807, 2.05) is 12.1 Å². The van der Waals surface area contributed by atoms with Crippen molar-refractivity contribution in [3.8, 4) is 28.0 Å². The lowest BCUT2D eigenvalue weighted by Gasteiger charge is -2.32. The average Bonchev–Trinajstić information content (AvgIpc) is 3.64. The van der Waals surface area contributed by atoms with Crippen LogP contribution >= 0.6 is 0 Å². The number of phenolic OH excluding ortho intramolecular Hbond substituents is 1. The molecule has 0 saturated heterocycles. The lowest BCUT2D eigenvalue weighted by Crippen LogP contribution is -2.26. The molecular weight excluding hydrogens is 643 g/mol. The summed E-state index contributed by atoms with van der Waals surface area (Å²) in [5.74, 6) is 0.282. The highest BCUT2D eigenvalue weighted by atomic mass is 16.3. The van der Waals surface area contributed by atoms with Gasteiger partial charge in [-0.2, -0.15) is 0 Å². The molecule has 9 aromatic rings. The van der Waals surface area contributed by atoms with Crippen LogP contribution in [0.1, 0.15) is 33.4 Å². The average molecular weight is 678 g/mol. The highest BCUT2D eigenvalue weighted by Gasteiger charge is 2.52. The number of hydrogen-bond acceptors (Lipinski definition) is 2. The fourth-order valence-corrected chi connectivity index (χ4v) is 9.68. The standard InChI is InChI=1S/C51H35NO/c1-31-11-9-13-33(25-31)52(34-14-10-12-32(2)26-34)35-21-23-42-46-29-44-38-16-4-3-15-37(38)43-28-36(53)22-24-39(43)45(44)30-50(46)51(49(42)27-35)47-19-7-5-17-40(47)41-18-6-8-20-48(41)51/h3-30,53H,1-2H3. The normalized spacial score (nSPS) is 13.3. The van der Waals surface area contributed by atoms with Gasteiger partial charge in [-0.15, -0.1) is 0 Å². The molecule has 2 nitrogen and oxygen atoms in total. The van der Waals surface area contributed by atoms with Gasteiger partial charge in [0.1, 0.15) is 5.75 Å². The summed E-state index contributed by atoms with van der Waals surface area (Å²) in [6, 6.07) is 62.2. The van der Waals surface area contributed by atoms with Crippen molar-refractivity contribution >= 4 is 49.4 Å². The van der Waals surface area contributed by atoms with Crippen molar-refractivity contribution < 1.29 is 5.11 Å². The summed E-state index contributed by atoms with van der Waals surface area (Å²) in [5, 5.41) is 17.7. The first-order valence-electron chi connectivity index (χ1n) is 18.4. The second-order valence-corrected chi connectivity index (χ2v) is 14.8. The molecule has 0 bridgehead atoms. The monoisotopic (exact) mass is 677 g/mol. The molecule has 1 spiro atoms. The van der Waals surface area contributed by atoms with Crippen molar-refractivity contribution in [2.45, 2.75) is 19.3 Å². The van der Waals surface area contributed by atoms with Crippen LogP contribution in [0.5, 0.6) is 5.75 Å². The lowest BCUT2D eigenvalue weighted by atomic mass is 9.70. The minimum atomic E-state index is -0.526. The van der Waals surface area contributed by atoms with Gasteiger partial charge >= 0.3 is 0 Å². The Morgan fingerprint density at radius 2 is 0.868 bits per heavy atom. The predicted octanol–water partition coefficient (Wildman–Crippen LogP) is 13.3. The van der Waals surface area contributed by atoms with Crippen LogP contribution in [0.2, 0.25) is 0 Å². The molecule has 0 amide bonds. The molecule has 2 heteroatoms. The van der Waals surface area contributed by atoms with Gasteiger partial charge in [0.15, 0.2) is 0 Å². The summed E-state index contributed by atoms with van der Waals surface area (Å²) in [4.78, 5) is 2.41. The quantitative estimate of drug-likeness (QED) is 0.188. The lowest BCUT2D eigenvalue weighted by molar-refractivity contribution is 0.476. The van der Waals surface area contributed by atoms with Crippen molar-refractivity contribution in [2.75, 3.05) is 4.90 Å². The molecule has 11 rings (SSSR count). The minimum Gasteiger partial charge on any atom is -0.508 e. The molecule has 250 valence electrons. The smallest absolute Gasteiger partial charge is 0.116 e. The zero-order valence-corrected chi connectivity index (χ0v) is 29.6. The SMILES string of the molecule is Cc1cccc(N(c2cccc(C)c2)c2ccc3c(c2)C2(c4ccccc4-c4ccccc42)c2cc4c5ccc(O)cc5c5ccccc5c4cc2-3)c1. The molecule has 0 atom stereocenters. The molecule has 0 fully saturated rings. The Hall–Kier alpha value is -6.64. The molecule has 9 aromatic carbocycles. The van der Waals surface area contributed by atoms with Gasteiger partial charge in [-0.05, 0) is 162 Å². The van der Waals surface area contributed by atoms with Gasteiger partial charge < -0.3 is 10.0 Å². The third-order valence-corrected chi connectivity index (χ3v) is 11.8. The first kappa shape index (κ1) is 30.0.